The first-order valence-corrected chi connectivity index (χ1v) is 5.60. The Morgan fingerprint density at radius 2 is 2.31 bits per heavy atom. The second kappa shape index (κ2) is 4.80. The second-order valence-electron chi connectivity index (χ2n) is 4.30. The molecule has 2 amide bonds. The Morgan fingerprint density at radius 1 is 1.50 bits per heavy atom. The number of piperidine rings is 1. The van der Waals surface area contributed by atoms with E-state index >= 15 is 0 Å². The number of ether oxygens (including phenoxy) is 1. The van der Waals surface area contributed by atoms with Crippen LogP contribution in [0.1, 0.15) is 12.8 Å². The van der Waals surface area contributed by atoms with Crippen molar-refractivity contribution in [1.29, 1.82) is 0 Å². The molecule has 16 heavy (non-hydrogen) atoms. The molecule has 90 valence electrons. The SMILES string of the molecule is NC1COCC1C(=O)NC1CCCNC1=O. The fourth-order valence-electron chi connectivity index (χ4n) is 2.03. The van der Waals surface area contributed by atoms with E-state index in [9.17, 15) is 9.59 Å². The molecular formula is C10H17N3O3. The molecule has 0 aliphatic carbocycles. The van der Waals surface area contributed by atoms with Crippen molar-refractivity contribution in [3.8, 4) is 0 Å². The van der Waals surface area contributed by atoms with Crippen molar-refractivity contribution >= 4 is 11.8 Å². The zero-order valence-corrected chi connectivity index (χ0v) is 9.07. The third-order valence-electron chi connectivity index (χ3n) is 3.06. The van der Waals surface area contributed by atoms with E-state index in [2.05, 4.69) is 10.6 Å². The average molecular weight is 227 g/mol. The van der Waals surface area contributed by atoms with Crippen LogP contribution in [0.5, 0.6) is 0 Å². The van der Waals surface area contributed by atoms with Crippen molar-refractivity contribution in [3.05, 3.63) is 0 Å². The highest BCUT2D eigenvalue weighted by Gasteiger charge is 2.34. The van der Waals surface area contributed by atoms with Gasteiger partial charge in [0.1, 0.15) is 6.04 Å². The fraction of sp³-hybridized carbons (Fsp3) is 0.800. The fourth-order valence-corrected chi connectivity index (χ4v) is 2.03. The lowest BCUT2D eigenvalue weighted by molar-refractivity contribution is -0.132. The van der Waals surface area contributed by atoms with Gasteiger partial charge in [-0.05, 0) is 12.8 Å². The van der Waals surface area contributed by atoms with Crippen LogP contribution in [0.25, 0.3) is 0 Å². The first kappa shape index (κ1) is 11.3. The molecule has 2 heterocycles. The number of nitrogens with one attached hydrogen (secondary N) is 2. The molecule has 2 rings (SSSR count). The van der Waals surface area contributed by atoms with Crippen molar-refractivity contribution in [2.24, 2.45) is 11.7 Å². The first-order chi connectivity index (χ1) is 7.68. The Morgan fingerprint density at radius 3 is 2.94 bits per heavy atom. The zero-order valence-electron chi connectivity index (χ0n) is 9.07. The van der Waals surface area contributed by atoms with Crippen LogP contribution in [0.3, 0.4) is 0 Å². The van der Waals surface area contributed by atoms with Crippen LogP contribution in [-0.4, -0.2) is 43.7 Å². The van der Waals surface area contributed by atoms with Crippen LogP contribution in [-0.2, 0) is 14.3 Å². The molecule has 0 aromatic heterocycles. The smallest absolute Gasteiger partial charge is 0.242 e. The van der Waals surface area contributed by atoms with E-state index < -0.39 is 6.04 Å². The molecule has 0 aromatic carbocycles. The van der Waals surface area contributed by atoms with E-state index in [1.807, 2.05) is 0 Å². The van der Waals surface area contributed by atoms with Gasteiger partial charge in [0.15, 0.2) is 0 Å². The van der Waals surface area contributed by atoms with Gasteiger partial charge in [0.2, 0.25) is 11.8 Å². The van der Waals surface area contributed by atoms with Gasteiger partial charge in [-0.3, -0.25) is 9.59 Å². The summed E-state index contributed by atoms with van der Waals surface area (Å²) in [4.78, 5) is 23.3. The number of hydrogen-bond donors (Lipinski definition) is 3. The van der Waals surface area contributed by atoms with Crippen molar-refractivity contribution in [2.75, 3.05) is 19.8 Å². The highest BCUT2D eigenvalue weighted by atomic mass is 16.5. The molecule has 2 saturated heterocycles. The summed E-state index contributed by atoms with van der Waals surface area (Å²) in [5, 5.41) is 5.45. The molecule has 2 aliphatic heterocycles. The molecule has 6 heteroatoms. The molecule has 2 fully saturated rings. The second-order valence-corrected chi connectivity index (χ2v) is 4.30. The molecule has 0 bridgehead atoms. The number of amides is 2. The van der Waals surface area contributed by atoms with Crippen LogP contribution in [0.4, 0.5) is 0 Å². The van der Waals surface area contributed by atoms with E-state index in [0.29, 0.717) is 26.2 Å². The standard InChI is InChI=1S/C10H17N3O3/c11-7-5-16-4-6(7)9(14)13-8-2-1-3-12-10(8)15/h6-8H,1-5,11H2,(H,12,15)(H,13,14). The number of nitrogens with two attached hydrogens (primary N) is 1. The monoisotopic (exact) mass is 227 g/mol. The van der Waals surface area contributed by atoms with E-state index in [0.717, 1.165) is 6.42 Å². The Bertz CT molecular complexity index is 295. The van der Waals surface area contributed by atoms with Crippen molar-refractivity contribution < 1.29 is 14.3 Å². The van der Waals surface area contributed by atoms with Gasteiger partial charge >= 0.3 is 0 Å². The van der Waals surface area contributed by atoms with Gasteiger partial charge in [-0.15, -0.1) is 0 Å². The Hall–Kier alpha value is -1.14. The van der Waals surface area contributed by atoms with Crippen molar-refractivity contribution in [2.45, 2.75) is 24.9 Å². The van der Waals surface area contributed by atoms with Crippen LogP contribution in [0.2, 0.25) is 0 Å². The minimum Gasteiger partial charge on any atom is -0.379 e. The minimum atomic E-state index is -0.408. The van der Waals surface area contributed by atoms with Crippen LogP contribution in [0, 0.1) is 5.92 Å². The van der Waals surface area contributed by atoms with E-state index in [1.165, 1.54) is 0 Å². The summed E-state index contributed by atoms with van der Waals surface area (Å²) in [5.41, 5.74) is 5.73. The topological polar surface area (TPSA) is 93.4 Å². The highest BCUT2D eigenvalue weighted by Crippen LogP contribution is 2.13. The maximum Gasteiger partial charge on any atom is 0.242 e. The largest absolute Gasteiger partial charge is 0.379 e. The molecule has 6 nitrogen and oxygen atoms in total. The Labute approximate surface area is 93.9 Å². The summed E-state index contributed by atoms with van der Waals surface area (Å²) in [5.74, 6) is -0.603. The molecule has 4 N–H and O–H groups in total. The Balaban J connectivity index is 1.88. The molecular weight excluding hydrogens is 210 g/mol. The summed E-state index contributed by atoms with van der Waals surface area (Å²) < 4.78 is 5.12. The van der Waals surface area contributed by atoms with Gasteiger partial charge in [-0.1, -0.05) is 0 Å². The van der Waals surface area contributed by atoms with Crippen molar-refractivity contribution in [1.82, 2.24) is 10.6 Å². The summed E-state index contributed by atoms with van der Waals surface area (Å²) in [6, 6.07) is -0.666. The van der Waals surface area contributed by atoms with Gasteiger partial charge in [-0.2, -0.15) is 0 Å². The number of carbonyl (C=O) groups is 2. The van der Waals surface area contributed by atoms with Crippen LogP contribution >= 0.6 is 0 Å². The molecule has 0 radical (unpaired) electrons. The molecule has 0 spiro atoms. The summed E-state index contributed by atoms with van der Waals surface area (Å²) in [6.45, 7) is 1.45. The van der Waals surface area contributed by atoms with Crippen molar-refractivity contribution in [3.63, 3.8) is 0 Å². The van der Waals surface area contributed by atoms with Crippen LogP contribution < -0.4 is 16.4 Å². The molecule has 3 unspecified atom stereocenters. The Kier molecular flexibility index (Phi) is 3.40. The van der Waals surface area contributed by atoms with Gasteiger partial charge in [-0.25, -0.2) is 0 Å². The molecule has 3 atom stereocenters. The number of hydrogen-bond acceptors (Lipinski definition) is 4. The zero-order chi connectivity index (χ0) is 11.5. The number of carbonyl (C=O) groups excluding carboxylic acids is 2. The van der Waals surface area contributed by atoms with Crippen LogP contribution in [0.15, 0.2) is 0 Å². The van der Waals surface area contributed by atoms with Gasteiger partial charge in [0.25, 0.3) is 0 Å². The minimum absolute atomic E-state index is 0.105. The lowest BCUT2D eigenvalue weighted by atomic mass is 10.0. The molecule has 2 aliphatic rings. The third-order valence-corrected chi connectivity index (χ3v) is 3.06. The lowest BCUT2D eigenvalue weighted by Crippen LogP contribution is -2.53. The van der Waals surface area contributed by atoms with Gasteiger partial charge < -0.3 is 21.1 Å². The van der Waals surface area contributed by atoms with E-state index in [-0.39, 0.29) is 23.8 Å². The third kappa shape index (κ3) is 2.33. The predicted molar refractivity (Wildman–Crippen MR) is 56.5 cm³/mol. The summed E-state index contributed by atoms with van der Waals surface area (Å²) >= 11 is 0. The maximum atomic E-state index is 11.8. The van der Waals surface area contributed by atoms with Gasteiger partial charge in [0.05, 0.1) is 19.1 Å². The quantitative estimate of drug-likeness (QED) is 0.527. The average Bonchev–Trinajstić information content (AvgIpc) is 2.68. The maximum absolute atomic E-state index is 11.8. The van der Waals surface area contributed by atoms with E-state index in [4.69, 9.17) is 10.5 Å². The normalized spacial score (nSPS) is 34.6. The predicted octanol–water partition coefficient (Wildman–Crippen LogP) is -1.65. The lowest BCUT2D eigenvalue weighted by Gasteiger charge is -2.24. The molecule has 0 aromatic rings. The summed E-state index contributed by atoms with van der Waals surface area (Å²) in [6.07, 6.45) is 1.59. The highest BCUT2D eigenvalue weighted by molar-refractivity contribution is 5.89. The number of rotatable bonds is 2. The van der Waals surface area contributed by atoms with Gasteiger partial charge in [0, 0.05) is 12.6 Å². The molecule has 0 saturated carbocycles. The summed E-state index contributed by atoms with van der Waals surface area (Å²) in [7, 11) is 0. The first-order valence-electron chi connectivity index (χ1n) is 5.60. The van der Waals surface area contributed by atoms with E-state index in [1.54, 1.807) is 0 Å².